The van der Waals surface area contributed by atoms with Gasteiger partial charge in [-0.25, -0.2) is 9.31 Å². The molecule has 13 nitrogen and oxygen atoms in total. The Morgan fingerprint density at radius 2 is 1.93 bits per heavy atom. The first-order valence-corrected chi connectivity index (χ1v) is 14.9. The summed E-state index contributed by atoms with van der Waals surface area (Å²) in [6.07, 6.45) is 9.29. The van der Waals surface area contributed by atoms with Crippen molar-refractivity contribution in [3.05, 3.63) is 48.3 Å². The number of nitrogens with zero attached hydrogens (tertiary/aromatic N) is 6. The Morgan fingerprint density at radius 1 is 1.12 bits per heavy atom. The molecule has 1 atom stereocenters. The summed E-state index contributed by atoms with van der Waals surface area (Å²) in [5, 5.41) is 14.5. The molecular weight excluding hydrogens is 572 g/mol. The zero-order valence-electron chi connectivity index (χ0n) is 24.9. The lowest BCUT2D eigenvalue weighted by Gasteiger charge is -2.24. The van der Waals surface area contributed by atoms with E-state index in [9.17, 15) is 14.4 Å². The number of aromatic nitrogens is 5. The molecule has 5 heterocycles. The van der Waals surface area contributed by atoms with Crippen molar-refractivity contribution < 1.29 is 23.9 Å². The van der Waals surface area contributed by atoms with Crippen LogP contribution >= 0.6 is 11.3 Å². The number of nitrogens with one attached hydrogen (secondary N) is 2. The lowest BCUT2D eigenvalue weighted by molar-refractivity contribution is -0.117. The number of methoxy groups -OCH3 is 1. The number of carbonyl (C=O) groups is 3. The molecule has 228 valence electrons. The molecule has 1 fully saturated rings. The Balaban J connectivity index is 1.20. The maximum absolute atomic E-state index is 13.3. The number of anilines is 2. The molecule has 1 aliphatic heterocycles. The Hall–Kier alpha value is -4.30. The van der Waals surface area contributed by atoms with Gasteiger partial charge < -0.3 is 25.0 Å². The third-order valence-corrected chi connectivity index (χ3v) is 8.07. The van der Waals surface area contributed by atoms with Crippen molar-refractivity contribution in [1.29, 1.82) is 0 Å². The van der Waals surface area contributed by atoms with Gasteiger partial charge in [0.15, 0.2) is 0 Å². The summed E-state index contributed by atoms with van der Waals surface area (Å²) >= 11 is 1.44. The summed E-state index contributed by atoms with van der Waals surface area (Å²) in [4.78, 5) is 46.1. The number of carbonyl (C=O) groups excluding carboxylic acids is 3. The molecule has 3 amide bonds. The van der Waals surface area contributed by atoms with Gasteiger partial charge in [0.1, 0.15) is 10.4 Å². The highest BCUT2D eigenvalue weighted by Crippen LogP contribution is 2.31. The molecular formula is C29H36N8O5S. The lowest BCUT2D eigenvalue weighted by Crippen LogP contribution is -2.35. The van der Waals surface area contributed by atoms with E-state index in [1.165, 1.54) is 17.5 Å². The number of amides is 3. The fraction of sp³-hybridized carbons (Fsp3) is 0.448. The third-order valence-electron chi connectivity index (χ3n) is 6.91. The second-order valence-electron chi connectivity index (χ2n) is 11.5. The summed E-state index contributed by atoms with van der Waals surface area (Å²) in [6, 6.07) is 1.69. The number of likely N-dealkylation sites (tertiary alicyclic amines) is 1. The maximum atomic E-state index is 13.3. The van der Waals surface area contributed by atoms with Crippen molar-refractivity contribution in [2.75, 3.05) is 37.4 Å². The van der Waals surface area contributed by atoms with Gasteiger partial charge in [0, 0.05) is 44.6 Å². The number of pyridine rings is 1. The molecule has 0 unspecified atom stereocenters. The van der Waals surface area contributed by atoms with Crippen LogP contribution in [0.1, 0.15) is 49.7 Å². The fourth-order valence-electron chi connectivity index (χ4n) is 4.76. The van der Waals surface area contributed by atoms with Gasteiger partial charge in [-0.15, -0.1) is 11.3 Å². The first kappa shape index (κ1) is 30.2. The molecule has 4 aromatic heterocycles. The van der Waals surface area contributed by atoms with E-state index in [4.69, 9.17) is 9.47 Å². The minimum atomic E-state index is -0.565. The molecule has 1 aliphatic rings. The van der Waals surface area contributed by atoms with E-state index >= 15 is 0 Å². The number of hydrogen-bond donors (Lipinski definition) is 2. The smallest absolute Gasteiger partial charge is 0.410 e. The van der Waals surface area contributed by atoms with Crippen LogP contribution in [-0.2, 0) is 20.8 Å². The van der Waals surface area contributed by atoms with Crippen LogP contribution in [0.4, 0.5) is 16.2 Å². The predicted octanol–water partition coefficient (Wildman–Crippen LogP) is 4.45. The minimum Gasteiger partial charge on any atom is -0.444 e. The van der Waals surface area contributed by atoms with Crippen LogP contribution in [-0.4, -0.2) is 79.6 Å². The number of hydrogen-bond acceptors (Lipinski definition) is 9. The van der Waals surface area contributed by atoms with E-state index in [1.807, 2.05) is 37.8 Å². The van der Waals surface area contributed by atoms with Gasteiger partial charge in [-0.3, -0.25) is 19.3 Å². The molecule has 0 radical (unpaired) electrons. The van der Waals surface area contributed by atoms with Crippen molar-refractivity contribution in [3.8, 4) is 10.4 Å². The number of rotatable bonds is 9. The lowest BCUT2D eigenvalue weighted by atomic mass is 10.0. The van der Waals surface area contributed by atoms with E-state index in [1.54, 1.807) is 41.9 Å². The first-order valence-electron chi connectivity index (χ1n) is 14.0. The molecule has 2 N–H and O–H groups in total. The third kappa shape index (κ3) is 7.38. The summed E-state index contributed by atoms with van der Waals surface area (Å²) < 4.78 is 14.0. The zero-order valence-corrected chi connectivity index (χ0v) is 25.7. The molecule has 0 spiro atoms. The quantitative estimate of drug-likeness (QED) is 0.284. The van der Waals surface area contributed by atoms with Crippen molar-refractivity contribution in [1.82, 2.24) is 29.3 Å². The number of thiazole rings is 1. The fourth-order valence-corrected chi connectivity index (χ4v) is 5.79. The van der Waals surface area contributed by atoms with Crippen LogP contribution in [0.25, 0.3) is 15.3 Å². The molecule has 0 aliphatic carbocycles. The number of ether oxygens (including phenoxy) is 2. The van der Waals surface area contributed by atoms with Crippen molar-refractivity contribution in [2.24, 2.45) is 5.92 Å². The van der Waals surface area contributed by atoms with E-state index in [0.717, 1.165) is 16.9 Å². The Bertz CT molecular complexity index is 1630. The molecule has 0 aromatic carbocycles. The monoisotopic (exact) mass is 608 g/mol. The standard InChI is InChI=1S/C29H36N8O5S/c1-18-23(11-21(13-30-18)33-25(38)10-19-6-7-35(15-19)28(40)42-29(2,3)4)34-26(39)22-14-32-37-17-24(43-27(22)37)20-12-31-36(16-20)8-9-41-5/h11-14,16-17,19H,6-10,15H2,1-5H3,(H,33,38)(H,34,39)/t19-/m0/s1. The maximum Gasteiger partial charge on any atom is 0.410 e. The SMILES string of the molecule is COCCn1cc(-c2cn3ncc(C(=O)Nc4cc(NC(=O)C[C@@H]5CCN(C(=O)OC(C)(C)C)C5)cnc4C)c3s2)cn1. The molecule has 14 heteroatoms. The van der Waals surface area contributed by atoms with Crippen LogP contribution in [0, 0.1) is 12.8 Å². The van der Waals surface area contributed by atoms with Crippen LogP contribution in [0.15, 0.2) is 37.1 Å². The van der Waals surface area contributed by atoms with E-state index < -0.39 is 5.60 Å². The zero-order chi connectivity index (χ0) is 30.7. The Kier molecular flexibility index (Phi) is 8.78. The van der Waals surface area contributed by atoms with Gasteiger partial charge >= 0.3 is 6.09 Å². The summed E-state index contributed by atoms with van der Waals surface area (Å²) in [5.41, 5.74) is 2.34. The highest BCUT2D eigenvalue weighted by Gasteiger charge is 2.31. The van der Waals surface area contributed by atoms with Crippen molar-refractivity contribution in [3.63, 3.8) is 0 Å². The normalized spacial score (nSPS) is 15.2. The van der Waals surface area contributed by atoms with Crippen molar-refractivity contribution in [2.45, 2.75) is 52.7 Å². The molecule has 0 saturated carbocycles. The van der Waals surface area contributed by atoms with Gasteiger partial charge in [0.25, 0.3) is 5.91 Å². The second-order valence-corrected chi connectivity index (χ2v) is 12.6. The van der Waals surface area contributed by atoms with Crippen molar-refractivity contribution >= 4 is 45.4 Å². The predicted molar refractivity (Wildman–Crippen MR) is 162 cm³/mol. The molecule has 1 saturated heterocycles. The van der Waals surface area contributed by atoms with E-state index in [-0.39, 0.29) is 30.2 Å². The average molecular weight is 609 g/mol. The molecule has 4 aromatic rings. The highest BCUT2D eigenvalue weighted by atomic mass is 32.1. The van der Waals surface area contributed by atoms with Gasteiger partial charge in [-0.1, -0.05) is 0 Å². The van der Waals surface area contributed by atoms with Crippen LogP contribution < -0.4 is 10.6 Å². The van der Waals surface area contributed by atoms with Gasteiger partial charge in [-0.2, -0.15) is 10.2 Å². The average Bonchev–Trinajstić information content (AvgIpc) is 3.72. The molecule has 5 rings (SSSR count). The number of aryl methyl sites for hydroxylation is 1. The van der Waals surface area contributed by atoms with Gasteiger partial charge in [0.2, 0.25) is 5.91 Å². The van der Waals surface area contributed by atoms with Gasteiger partial charge in [0.05, 0.1) is 59.3 Å². The summed E-state index contributed by atoms with van der Waals surface area (Å²) in [7, 11) is 1.65. The van der Waals surface area contributed by atoms with E-state index in [2.05, 4.69) is 25.8 Å². The van der Waals surface area contributed by atoms with Crippen LogP contribution in [0.5, 0.6) is 0 Å². The molecule has 0 bridgehead atoms. The Labute approximate surface area is 253 Å². The highest BCUT2D eigenvalue weighted by molar-refractivity contribution is 7.21. The topological polar surface area (TPSA) is 145 Å². The summed E-state index contributed by atoms with van der Waals surface area (Å²) in [6.45, 7) is 9.50. The first-order chi connectivity index (χ1) is 20.5. The van der Waals surface area contributed by atoms with Crippen LogP contribution in [0.2, 0.25) is 0 Å². The van der Waals surface area contributed by atoms with Gasteiger partial charge in [-0.05, 0) is 46.1 Å². The van der Waals surface area contributed by atoms with E-state index in [0.29, 0.717) is 53.7 Å². The number of fused-ring (bicyclic) bond motifs is 1. The van der Waals surface area contributed by atoms with Crippen LogP contribution in [0.3, 0.4) is 0 Å². The minimum absolute atomic E-state index is 0.0326. The molecule has 43 heavy (non-hydrogen) atoms. The second kappa shape index (κ2) is 12.5. The summed E-state index contributed by atoms with van der Waals surface area (Å²) in [5.74, 6) is -0.486. The Morgan fingerprint density at radius 3 is 2.70 bits per heavy atom. The largest absolute Gasteiger partial charge is 0.444 e.